The Hall–Kier alpha value is -2.15. The SMILES string of the molecule is CC(=O)NCCC#Cc1ccc(F)cc1C(C)=O. The molecule has 0 spiro atoms. The first kappa shape index (κ1) is 13.9. The van der Waals surface area contributed by atoms with Crippen LogP contribution in [-0.4, -0.2) is 18.2 Å². The molecule has 4 heteroatoms. The number of carbonyl (C=O) groups excluding carboxylic acids is 2. The first-order chi connectivity index (χ1) is 8.50. The van der Waals surface area contributed by atoms with Gasteiger partial charge in [0.2, 0.25) is 5.91 Å². The van der Waals surface area contributed by atoms with Crippen molar-refractivity contribution in [1.82, 2.24) is 5.32 Å². The Morgan fingerprint density at radius 3 is 2.67 bits per heavy atom. The van der Waals surface area contributed by atoms with Crippen LogP contribution in [0.15, 0.2) is 18.2 Å². The van der Waals surface area contributed by atoms with Crippen molar-refractivity contribution in [2.75, 3.05) is 6.54 Å². The highest BCUT2D eigenvalue weighted by Gasteiger charge is 2.06. The van der Waals surface area contributed by atoms with Gasteiger partial charge in [0.05, 0.1) is 0 Å². The average molecular weight is 247 g/mol. The van der Waals surface area contributed by atoms with Gasteiger partial charge in [-0.05, 0) is 25.1 Å². The molecule has 1 aromatic rings. The molecule has 0 aliphatic heterocycles. The van der Waals surface area contributed by atoms with Gasteiger partial charge in [0.15, 0.2) is 5.78 Å². The van der Waals surface area contributed by atoms with E-state index >= 15 is 0 Å². The van der Waals surface area contributed by atoms with E-state index < -0.39 is 5.82 Å². The molecule has 0 unspecified atom stereocenters. The van der Waals surface area contributed by atoms with Gasteiger partial charge in [-0.1, -0.05) is 11.8 Å². The van der Waals surface area contributed by atoms with Crippen LogP contribution in [0, 0.1) is 17.7 Å². The molecule has 0 radical (unpaired) electrons. The summed E-state index contributed by atoms with van der Waals surface area (Å²) < 4.78 is 13.0. The van der Waals surface area contributed by atoms with Crippen molar-refractivity contribution >= 4 is 11.7 Å². The van der Waals surface area contributed by atoms with Crippen LogP contribution in [0.25, 0.3) is 0 Å². The molecule has 0 aliphatic rings. The van der Waals surface area contributed by atoms with Crippen molar-refractivity contribution in [2.45, 2.75) is 20.3 Å². The molecule has 1 aromatic carbocycles. The summed E-state index contributed by atoms with van der Waals surface area (Å²) in [4.78, 5) is 21.9. The lowest BCUT2D eigenvalue weighted by Crippen LogP contribution is -2.20. The van der Waals surface area contributed by atoms with Crippen molar-refractivity contribution in [2.24, 2.45) is 0 Å². The number of rotatable bonds is 3. The number of carbonyl (C=O) groups is 2. The summed E-state index contributed by atoms with van der Waals surface area (Å²) in [5.41, 5.74) is 0.786. The van der Waals surface area contributed by atoms with Crippen molar-refractivity contribution < 1.29 is 14.0 Å². The van der Waals surface area contributed by atoms with Crippen LogP contribution in [0.4, 0.5) is 4.39 Å². The molecular weight excluding hydrogens is 233 g/mol. The van der Waals surface area contributed by atoms with Gasteiger partial charge in [0.1, 0.15) is 5.82 Å². The van der Waals surface area contributed by atoms with Gasteiger partial charge in [-0.3, -0.25) is 9.59 Å². The van der Waals surface area contributed by atoms with Gasteiger partial charge in [0, 0.05) is 31.0 Å². The summed E-state index contributed by atoms with van der Waals surface area (Å²) in [5.74, 6) is 4.85. The van der Waals surface area contributed by atoms with E-state index in [-0.39, 0.29) is 17.3 Å². The second-order valence-corrected chi connectivity index (χ2v) is 3.78. The summed E-state index contributed by atoms with van der Waals surface area (Å²) in [6.07, 6.45) is 0.480. The monoisotopic (exact) mass is 247 g/mol. The van der Waals surface area contributed by atoms with E-state index in [1.165, 1.54) is 32.0 Å². The maximum atomic E-state index is 13.0. The molecule has 3 nitrogen and oxygen atoms in total. The molecular formula is C14H14FNO2. The first-order valence-corrected chi connectivity index (χ1v) is 5.54. The highest BCUT2D eigenvalue weighted by atomic mass is 19.1. The zero-order valence-electron chi connectivity index (χ0n) is 10.3. The van der Waals surface area contributed by atoms with Crippen LogP contribution in [0.5, 0.6) is 0 Å². The number of amides is 1. The quantitative estimate of drug-likeness (QED) is 0.504. The normalized spacial score (nSPS) is 9.28. The highest BCUT2D eigenvalue weighted by Crippen LogP contribution is 2.11. The Kier molecular flexibility index (Phi) is 5.06. The minimum absolute atomic E-state index is 0.108. The summed E-state index contributed by atoms with van der Waals surface area (Å²) in [6, 6.07) is 3.93. The Bertz CT molecular complexity index is 526. The molecule has 0 bridgehead atoms. The van der Waals surface area contributed by atoms with E-state index in [1.807, 2.05) is 0 Å². The number of ketones is 1. The summed E-state index contributed by atoms with van der Waals surface area (Å²) in [5, 5.41) is 2.61. The molecule has 0 aliphatic carbocycles. The Morgan fingerprint density at radius 2 is 2.06 bits per heavy atom. The van der Waals surface area contributed by atoms with Crippen molar-refractivity contribution in [3.8, 4) is 11.8 Å². The van der Waals surface area contributed by atoms with Crippen LogP contribution in [-0.2, 0) is 4.79 Å². The summed E-state index contributed by atoms with van der Waals surface area (Å²) in [6.45, 7) is 3.26. The third kappa shape index (κ3) is 4.38. The lowest BCUT2D eigenvalue weighted by Gasteiger charge is -2.00. The molecule has 0 saturated carbocycles. The second kappa shape index (κ2) is 6.55. The minimum atomic E-state index is -0.455. The fraction of sp³-hybridized carbons (Fsp3) is 0.286. The third-order valence-electron chi connectivity index (χ3n) is 2.21. The predicted octanol–water partition coefficient (Wildman–Crippen LogP) is 1.91. The van der Waals surface area contributed by atoms with Crippen molar-refractivity contribution in [1.29, 1.82) is 0 Å². The standard InChI is InChI=1S/C14H14FNO2/c1-10(17)14-9-13(15)7-6-12(14)5-3-4-8-16-11(2)18/h6-7,9H,4,8H2,1-2H3,(H,16,18). The summed E-state index contributed by atoms with van der Waals surface area (Å²) >= 11 is 0. The lowest BCUT2D eigenvalue weighted by molar-refractivity contribution is -0.118. The first-order valence-electron chi connectivity index (χ1n) is 5.54. The molecule has 0 aromatic heterocycles. The number of hydrogen-bond acceptors (Lipinski definition) is 2. The smallest absolute Gasteiger partial charge is 0.216 e. The number of hydrogen-bond donors (Lipinski definition) is 1. The molecule has 1 rings (SSSR count). The number of nitrogens with one attached hydrogen (secondary N) is 1. The molecule has 18 heavy (non-hydrogen) atoms. The van der Waals surface area contributed by atoms with E-state index in [4.69, 9.17) is 0 Å². The van der Waals surface area contributed by atoms with Crippen LogP contribution >= 0.6 is 0 Å². The van der Waals surface area contributed by atoms with Crippen LogP contribution in [0.1, 0.15) is 36.2 Å². The number of halogens is 1. The Morgan fingerprint density at radius 1 is 1.33 bits per heavy atom. The van der Waals surface area contributed by atoms with Crippen molar-refractivity contribution in [3.63, 3.8) is 0 Å². The fourth-order valence-electron chi connectivity index (χ4n) is 1.38. The average Bonchev–Trinajstić information content (AvgIpc) is 2.29. The van der Waals surface area contributed by atoms with Gasteiger partial charge in [-0.25, -0.2) is 4.39 Å². The topological polar surface area (TPSA) is 46.2 Å². The molecule has 0 atom stereocenters. The van der Waals surface area contributed by atoms with Gasteiger partial charge in [-0.15, -0.1) is 0 Å². The molecule has 94 valence electrons. The fourth-order valence-corrected chi connectivity index (χ4v) is 1.38. The van der Waals surface area contributed by atoms with E-state index in [2.05, 4.69) is 17.2 Å². The molecule has 0 fully saturated rings. The van der Waals surface area contributed by atoms with Gasteiger partial charge in [-0.2, -0.15) is 0 Å². The van der Waals surface area contributed by atoms with Crippen molar-refractivity contribution in [3.05, 3.63) is 35.1 Å². The molecule has 1 amide bonds. The second-order valence-electron chi connectivity index (χ2n) is 3.78. The number of benzene rings is 1. The summed E-state index contributed by atoms with van der Waals surface area (Å²) in [7, 11) is 0. The van der Waals surface area contributed by atoms with Crippen LogP contribution in [0.3, 0.4) is 0 Å². The number of Topliss-reactive ketones (excluding diaryl/α,β-unsaturated/α-hetero) is 1. The van der Waals surface area contributed by atoms with E-state index in [9.17, 15) is 14.0 Å². The molecule has 0 heterocycles. The van der Waals surface area contributed by atoms with E-state index in [0.29, 0.717) is 18.5 Å². The van der Waals surface area contributed by atoms with E-state index in [1.54, 1.807) is 0 Å². The predicted molar refractivity (Wildman–Crippen MR) is 66.6 cm³/mol. The molecule has 0 saturated heterocycles. The lowest BCUT2D eigenvalue weighted by atomic mass is 10.0. The van der Waals surface area contributed by atoms with Crippen LogP contribution in [0.2, 0.25) is 0 Å². The highest BCUT2D eigenvalue weighted by molar-refractivity contribution is 5.96. The maximum absolute atomic E-state index is 13.0. The van der Waals surface area contributed by atoms with Gasteiger partial charge < -0.3 is 5.32 Å². The zero-order valence-corrected chi connectivity index (χ0v) is 10.3. The van der Waals surface area contributed by atoms with E-state index in [0.717, 1.165) is 0 Å². The largest absolute Gasteiger partial charge is 0.355 e. The Balaban J connectivity index is 2.75. The molecule has 1 N–H and O–H groups in total. The maximum Gasteiger partial charge on any atom is 0.216 e. The van der Waals surface area contributed by atoms with Crippen LogP contribution < -0.4 is 5.32 Å². The third-order valence-corrected chi connectivity index (χ3v) is 2.21. The zero-order chi connectivity index (χ0) is 13.5. The Labute approximate surface area is 105 Å². The van der Waals surface area contributed by atoms with Gasteiger partial charge in [0.25, 0.3) is 0 Å². The van der Waals surface area contributed by atoms with Gasteiger partial charge >= 0.3 is 0 Å². The minimum Gasteiger partial charge on any atom is -0.355 e.